The molecule has 0 aromatic rings. The van der Waals surface area contributed by atoms with Crippen molar-refractivity contribution in [2.24, 2.45) is 5.92 Å². The molecular formula is C39H68O14P2. The van der Waals surface area contributed by atoms with Crippen molar-refractivity contribution >= 4 is 33.4 Å². The van der Waals surface area contributed by atoms with Crippen LogP contribution >= 0.6 is 15.6 Å². The molecule has 0 aliphatic carbocycles. The van der Waals surface area contributed by atoms with Crippen LogP contribution in [0.1, 0.15) is 136 Å². The van der Waals surface area contributed by atoms with Crippen molar-refractivity contribution in [1.29, 1.82) is 0 Å². The van der Waals surface area contributed by atoms with E-state index in [2.05, 4.69) is 54.1 Å². The molecule has 0 spiro atoms. The van der Waals surface area contributed by atoms with Gasteiger partial charge < -0.3 is 29.3 Å². The van der Waals surface area contributed by atoms with Crippen LogP contribution in [0.5, 0.6) is 0 Å². The summed E-state index contributed by atoms with van der Waals surface area (Å²) in [4.78, 5) is 64.6. The predicted molar refractivity (Wildman–Crippen MR) is 212 cm³/mol. The number of carbonyl (C=O) groups excluding carboxylic acids is 3. The van der Waals surface area contributed by atoms with E-state index >= 15 is 0 Å². The summed E-state index contributed by atoms with van der Waals surface area (Å²) in [6, 6.07) is 0. The topological polar surface area (TPSA) is 212 Å². The third-order valence-corrected chi connectivity index (χ3v) is 9.30. The molecule has 0 saturated carbocycles. The number of aliphatic hydroxyl groups is 1. The Balaban J connectivity index is 4.75. The molecule has 0 rings (SSSR count). The lowest BCUT2D eigenvalue weighted by Gasteiger charge is -2.20. The van der Waals surface area contributed by atoms with Crippen molar-refractivity contribution in [3.05, 3.63) is 48.6 Å². The van der Waals surface area contributed by atoms with E-state index in [1.165, 1.54) is 44.6 Å². The summed E-state index contributed by atoms with van der Waals surface area (Å²) in [5, 5.41) is 9.70. The number of hydrogen-bond donors (Lipinski definition) is 4. The lowest BCUT2D eigenvalue weighted by atomic mass is 10.0. The molecule has 0 fully saturated rings. The van der Waals surface area contributed by atoms with E-state index in [9.17, 15) is 33.5 Å². The highest BCUT2D eigenvalue weighted by Gasteiger charge is 2.28. The van der Waals surface area contributed by atoms with Crippen molar-refractivity contribution in [2.45, 2.75) is 149 Å². The first-order valence-corrected chi connectivity index (χ1v) is 22.7. The van der Waals surface area contributed by atoms with E-state index in [1.54, 1.807) is 12.2 Å². The molecule has 55 heavy (non-hydrogen) atoms. The predicted octanol–water partition coefficient (Wildman–Crippen LogP) is 8.54. The molecule has 0 aromatic carbocycles. The van der Waals surface area contributed by atoms with Gasteiger partial charge in [0.15, 0.2) is 11.9 Å². The van der Waals surface area contributed by atoms with Gasteiger partial charge in [0.25, 0.3) is 0 Å². The summed E-state index contributed by atoms with van der Waals surface area (Å²) < 4.78 is 47.3. The average molecular weight is 823 g/mol. The van der Waals surface area contributed by atoms with Crippen LogP contribution in [0.4, 0.5) is 0 Å². The largest absolute Gasteiger partial charge is 0.472 e. The molecule has 0 heterocycles. The van der Waals surface area contributed by atoms with Crippen molar-refractivity contribution in [3.8, 4) is 0 Å². The molecule has 14 nitrogen and oxygen atoms in total. The number of ether oxygens (including phenoxy) is 2. The quantitative estimate of drug-likeness (QED) is 0.0116. The third-order valence-electron chi connectivity index (χ3n) is 7.86. The first kappa shape index (κ1) is 52.8. The van der Waals surface area contributed by atoms with Gasteiger partial charge in [-0.25, -0.2) is 9.13 Å². The van der Waals surface area contributed by atoms with Crippen LogP contribution in [0.2, 0.25) is 0 Å². The molecule has 0 radical (unpaired) electrons. The minimum absolute atomic E-state index is 0.0786. The molecule has 4 N–H and O–H groups in total. The Labute approximate surface area is 328 Å². The lowest BCUT2D eigenvalue weighted by Crippen LogP contribution is -2.30. The Morgan fingerprint density at radius 1 is 0.636 bits per heavy atom. The zero-order valence-corrected chi connectivity index (χ0v) is 35.0. The van der Waals surface area contributed by atoms with Gasteiger partial charge in [-0.05, 0) is 50.5 Å². The number of hydrogen-bond acceptors (Lipinski definition) is 11. The molecule has 0 aliphatic rings. The fourth-order valence-electron chi connectivity index (χ4n) is 4.84. The molecular weight excluding hydrogens is 754 g/mol. The second-order valence-electron chi connectivity index (χ2n) is 13.7. The number of aliphatic hydroxyl groups excluding tert-OH is 1. The Kier molecular flexibility index (Phi) is 32.5. The maximum atomic E-state index is 12.6. The summed E-state index contributed by atoms with van der Waals surface area (Å²) in [6.45, 7) is 3.64. The van der Waals surface area contributed by atoms with E-state index in [-0.39, 0.29) is 31.5 Å². The molecule has 318 valence electrons. The molecule has 0 saturated heterocycles. The fraction of sp³-hybridized carbons (Fsp3) is 0.718. The number of phosphoric acid groups is 2. The van der Waals surface area contributed by atoms with Crippen LogP contribution in [0.3, 0.4) is 0 Å². The Morgan fingerprint density at radius 2 is 1.24 bits per heavy atom. The van der Waals surface area contributed by atoms with Gasteiger partial charge in [-0.15, -0.1) is 0 Å². The summed E-state index contributed by atoms with van der Waals surface area (Å²) in [5.74, 6) is -0.758. The SMILES string of the molecule is CCCCC/C=C\C/C=C\C/C=C\C=C\C(=O)CCCC(=O)OC[C@H](COP(=O)(O)OC[C@@H](O)COP(=O)(O)O)OC(=O)CCCCCCCCCC(C)C. The second-order valence-corrected chi connectivity index (χ2v) is 16.4. The van der Waals surface area contributed by atoms with Crippen LogP contribution in [0.25, 0.3) is 0 Å². The van der Waals surface area contributed by atoms with Gasteiger partial charge in [0.05, 0.1) is 19.8 Å². The minimum atomic E-state index is -4.88. The van der Waals surface area contributed by atoms with Gasteiger partial charge in [0.2, 0.25) is 0 Å². The van der Waals surface area contributed by atoms with Crippen LogP contribution in [-0.4, -0.2) is 76.1 Å². The molecule has 0 aliphatic heterocycles. The van der Waals surface area contributed by atoms with Gasteiger partial charge in [-0.1, -0.05) is 121 Å². The van der Waals surface area contributed by atoms with E-state index < -0.39 is 66.2 Å². The third kappa shape index (κ3) is 38.4. The lowest BCUT2D eigenvalue weighted by molar-refractivity contribution is -0.161. The van der Waals surface area contributed by atoms with Crippen molar-refractivity contribution in [1.82, 2.24) is 0 Å². The van der Waals surface area contributed by atoms with Gasteiger partial charge in [-0.2, -0.15) is 0 Å². The standard InChI is InChI=1S/C39H68O14P2/c1-4-5-6-7-8-9-10-11-12-13-16-19-22-26-35(40)27-24-29-38(42)49-32-37(33-52-55(47,48)51-31-36(41)30-50-54(44,45)46)53-39(43)28-23-20-17-14-15-18-21-25-34(2)3/h8-9,11-12,16,19,22,26,34,36-37,41H,4-7,10,13-15,17-18,20-21,23-25,27-33H2,1-3H3,(H,47,48)(H2,44,45,46)/b9-8-,12-11-,19-16-,26-22+/t36-,37+/m0/s1. The highest BCUT2D eigenvalue weighted by atomic mass is 31.2. The van der Waals surface area contributed by atoms with Crippen LogP contribution in [0, 0.1) is 5.92 Å². The monoisotopic (exact) mass is 822 g/mol. The number of phosphoric ester groups is 2. The normalized spacial score (nSPS) is 14.7. The maximum Gasteiger partial charge on any atom is 0.472 e. The molecule has 0 amide bonds. The van der Waals surface area contributed by atoms with Gasteiger partial charge in [0, 0.05) is 19.3 Å². The Bertz CT molecular complexity index is 1240. The molecule has 1 unspecified atom stereocenters. The van der Waals surface area contributed by atoms with E-state index in [0.717, 1.165) is 44.9 Å². The second kappa shape index (κ2) is 33.8. The zero-order chi connectivity index (χ0) is 41.2. The summed E-state index contributed by atoms with van der Waals surface area (Å²) in [5.41, 5.74) is 0. The zero-order valence-electron chi connectivity index (χ0n) is 33.2. The van der Waals surface area contributed by atoms with Gasteiger partial charge in [0.1, 0.15) is 12.7 Å². The smallest absolute Gasteiger partial charge is 0.462 e. The number of allylic oxidation sites excluding steroid dienone is 8. The van der Waals surface area contributed by atoms with Gasteiger partial charge >= 0.3 is 27.6 Å². The number of ketones is 1. The number of carbonyl (C=O) groups is 3. The van der Waals surface area contributed by atoms with E-state index in [1.807, 2.05) is 6.08 Å². The van der Waals surface area contributed by atoms with Crippen LogP contribution < -0.4 is 0 Å². The Morgan fingerprint density at radius 3 is 1.91 bits per heavy atom. The highest BCUT2D eigenvalue weighted by Crippen LogP contribution is 2.43. The van der Waals surface area contributed by atoms with Crippen molar-refractivity contribution < 1.29 is 66.3 Å². The number of esters is 2. The average Bonchev–Trinajstić information content (AvgIpc) is 3.11. The van der Waals surface area contributed by atoms with E-state index in [4.69, 9.17) is 23.8 Å². The van der Waals surface area contributed by atoms with E-state index in [0.29, 0.717) is 12.3 Å². The molecule has 0 aromatic heterocycles. The highest BCUT2D eigenvalue weighted by molar-refractivity contribution is 7.47. The Hall–Kier alpha value is -2.25. The van der Waals surface area contributed by atoms with Crippen LogP contribution in [-0.2, 0) is 46.6 Å². The first-order valence-electron chi connectivity index (χ1n) is 19.6. The van der Waals surface area contributed by atoms with Crippen LogP contribution in [0.15, 0.2) is 48.6 Å². The fourth-order valence-corrected chi connectivity index (χ4v) is 5.99. The number of rotatable bonds is 36. The number of unbranched alkanes of at least 4 members (excludes halogenated alkanes) is 9. The minimum Gasteiger partial charge on any atom is -0.462 e. The first-order chi connectivity index (χ1) is 26.1. The van der Waals surface area contributed by atoms with Gasteiger partial charge in [-0.3, -0.25) is 28.0 Å². The molecule has 16 heteroatoms. The summed E-state index contributed by atoms with van der Waals surface area (Å²) in [6.07, 6.45) is 27.3. The van der Waals surface area contributed by atoms with Crippen molar-refractivity contribution in [2.75, 3.05) is 26.4 Å². The van der Waals surface area contributed by atoms with Crippen molar-refractivity contribution in [3.63, 3.8) is 0 Å². The summed E-state index contributed by atoms with van der Waals surface area (Å²) >= 11 is 0. The maximum absolute atomic E-state index is 12.6. The molecule has 0 bridgehead atoms. The summed E-state index contributed by atoms with van der Waals surface area (Å²) in [7, 11) is -9.74. The molecule has 3 atom stereocenters.